The van der Waals surface area contributed by atoms with Crippen LogP contribution in [0.2, 0.25) is 0 Å². The van der Waals surface area contributed by atoms with E-state index in [0.29, 0.717) is 0 Å². The number of hydrogen-bond acceptors (Lipinski definition) is 4. The first-order valence-electron chi connectivity index (χ1n) is 4.66. The first kappa shape index (κ1) is 11.0. The van der Waals surface area contributed by atoms with E-state index in [9.17, 15) is 8.42 Å². The second-order valence-corrected chi connectivity index (χ2v) is 6.17. The standard InChI is InChI=1S/C10H12O3S2/c1-8-2-4-10(5-3-8)15(11,12)13-9-6-14-7-9/h2-5,9H,6-7H2,1H3. The van der Waals surface area contributed by atoms with E-state index in [1.54, 1.807) is 36.0 Å². The van der Waals surface area contributed by atoms with Crippen LogP contribution in [0.1, 0.15) is 5.56 Å². The molecule has 5 heteroatoms. The molecule has 1 aromatic rings. The fraction of sp³-hybridized carbons (Fsp3) is 0.400. The molecule has 0 saturated carbocycles. The van der Waals surface area contributed by atoms with E-state index in [4.69, 9.17) is 4.18 Å². The minimum atomic E-state index is -3.55. The van der Waals surface area contributed by atoms with Gasteiger partial charge in [0, 0.05) is 11.5 Å². The van der Waals surface area contributed by atoms with Gasteiger partial charge in [-0.2, -0.15) is 20.2 Å². The van der Waals surface area contributed by atoms with Gasteiger partial charge < -0.3 is 0 Å². The molecule has 0 unspecified atom stereocenters. The van der Waals surface area contributed by atoms with Gasteiger partial charge in [-0.3, -0.25) is 4.18 Å². The Morgan fingerprint density at radius 2 is 1.87 bits per heavy atom. The van der Waals surface area contributed by atoms with Gasteiger partial charge >= 0.3 is 0 Å². The van der Waals surface area contributed by atoms with E-state index in [-0.39, 0.29) is 11.0 Å². The number of thioether (sulfide) groups is 1. The van der Waals surface area contributed by atoms with Crippen LogP contribution in [0.25, 0.3) is 0 Å². The van der Waals surface area contributed by atoms with Gasteiger partial charge in [0.15, 0.2) is 0 Å². The molecule has 3 nitrogen and oxygen atoms in total. The fourth-order valence-electron chi connectivity index (χ4n) is 1.21. The quantitative estimate of drug-likeness (QED) is 0.761. The van der Waals surface area contributed by atoms with Crippen LogP contribution >= 0.6 is 11.8 Å². The number of aryl methyl sites for hydroxylation is 1. The summed E-state index contributed by atoms with van der Waals surface area (Å²) in [7, 11) is -3.55. The Labute approximate surface area is 94.0 Å². The molecule has 1 saturated heterocycles. The van der Waals surface area contributed by atoms with Crippen molar-refractivity contribution >= 4 is 21.9 Å². The lowest BCUT2D eigenvalue weighted by Gasteiger charge is -2.24. The molecule has 0 bridgehead atoms. The zero-order chi connectivity index (χ0) is 10.9. The van der Waals surface area contributed by atoms with Crippen LogP contribution in [0.5, 0.6) is 0 Å². The third kappa shape index (κ3) is 2.53. The Balaban J connectivity index is 2.17. The largest absolute Gasteiger partial charge is 0.297 e. The topological polar surface area (TPSA) is 43.4 Å². The van der Waals surface area contributed by atoms with Gasteiger partial charge in [-0.05, 0) is 19.1 Å². The van der Waals surface area contributed by atoms with Crippen LogP contribution in [-0.4, -0.2) is 26.0 Å². The zero-order valence-electron chi connectivity index (χ0n) is 8.34. The van der Waals surface area contributed by atoms with Crippen molar-refractivity contribution in [1.82, 2.24) is 0 Å². The minimum absolute atomic E-state index is 0.138. The van der Waals surface area contributed by atoms with Crippen molar-refractivity contribution in [3.63, 3.8) is 0 Å². The van der Waals surface area contributed by atoms with Gasteiger partial charge in [-0.25, -0.2) is 0 Å². The Hall–Kier alpha value is -0.520. The van der Waals surface area contributed by atoms with Crippen molar-refractivity contribution < 1.29 is 12.6 Å². The average molecular weight is 244 g/mol. The molecule has 2 rings (SSSR count). The van der Waals surface area contributed by atoms with E-state index in [1.165, 1.54) is 0 Å². The number of rotatable bonds is 3. The van der Waals surface area contributed by atoms with Crippen LogP contribution < -0.4 is 0 Å². The van der Waals surface area contributed by atoms with Crippen molar-refractivity contribution in [2.45, 2.75) is 17.9 Å². The van der Waals surface area contributed by atoms with E-state index < -0.39 is 10.1 Å². The normalized spacial score (nSPS) is 17.4. The molecule has 1 aromatic carbocycles. The van der Waals surface area contributed by atoms with E-state index in [1.807, 2.05) is 6.92 Å². The van der Waals surface area contributed by atoms with Gasteiger partial charge in [0.25, 0.3) is 10.1 Å². The summed E-state index contributed by atoms with van der Waals surface area (Å²) >= 11 is 1.69. The Morgan fingerprint density at radius 3 is 2.33 bits per heavy atom. The van der Waals surface area contributed by atoms with E-state index in [0.717, 1.165) is 17.1 Å². The van der Waals surface area contributed by atoms with Crippen LogP contribution in [0, 0.1) is 6.92 Å². The third-order valence-corrected chi connectivity index (χ3v) is 4.77. The maximum atomic E-state index is 11.7. The minimum Gasteiger partial charge on any atom is -0.261 e. The maximum Gasteiger partial charge on any atom is 0.297 e. The molecule has 1 aliphatic heterocycles. The molecule has 1 fully saturated rings. The summed E-state index contributed by atoms with van der Waals surface area (Å²) < 4.78 is 28.5. The smallest absolute Gasteiger partial charge is 0.261 e. The summed E-state index contributed by atoms with van der Waals surface area (Å²) in [4.78, 5) is 0.241. The summed E-state index contributed by atoms with van der Waals surface area (Å²) in [5.41, 5.74) is 1.04. The van der Waals surface area contributed by atoms with E-state index >= 15 is 0 Å². The van der Waals surface area contributed by atoms with Crippen LogP contribution in [-0.2, 0) is 14.3 Å². The van der Waals surface area contributed by atoms with Crippen molar-refractivity contribution in [2.75, 3.05) is 11.5 Å². The maximum absolute atomic E-state index is 11.7. The third-order valence-electron chi connectivity index (χ3n) is 2.18. The Bertz CT molecular complexity index is 432. The first-order valence-corrected chi connectivity index (χ1v) is 7.22. The highest BCUT2D eigenvalue weighted by atomic mass is 32.2. The van der Waals surface area contributed by atoms with Gasteiger partial charge in [-0.15, -0.1) is 0 Å². The Morgan fingerprint density at radius 1 is 1.27 bits per heavy atom. The fourth-order valence-corrected chi connectivity index (χ4v) is 3.02. The summed E-state index contributed by atoms with van der Waals surface area (Å²) in [6.45, 7) is 1.92. The van der Waals surface area contributed by atoms with Crippen molar-refractivity contribution in [2.24, 2.45) is 0 Å². The molecular formula is C10H12O3S2. The van der Waals surface area contributed by atoms with Crippen LogP contribution in [0.15, 0.2) is 29.2 Å². The Kier molecular flexibility index (Phi) is 3.04. The predicted octanol–water partition coefficient (Wildman–Crippen LogP) is 1.82. The molecule has 0 amide bonds. The summed E-state index contributed by atoms with van der Waals surface area (Å²) in [5.74, 6) is 1.54. The monoisotopic (exact) mass is 244 g/mol. The van der Waals surface area contributed by atoms with Crippen LogP contribution in [0.4, 0.5) is 0 Å². The predicted molar refractivity (Wildman–Crippen MR) is 60.6 cm³/mol. The molecule has 1 aliphatic rings. The first-order chi connectivity index (χ1) is 7.08. The molecule has 15 heavy (non-hydrogen) atoms. The van der Waals surface area contributed by atoms with Gasteiger partial charge in [0.05, 0.1) is 11.0 Å². The highest BCUT2D eigenvalue weighted by Gasteiger charge is 2.26. The number of hydrogen-bond donors (Lipinski definition) is 0. The molecule has 0 aliphatic carbocycles. The molecule has 0 spiro atoms. The molecule has 0 N–H and O–H groups in total. The summed E-state index contributed by atoms with van der Waals surface area (Å²) in [6, 6.07) is 6.70. The lowest BCUT2D eigenvalue weighted by Crippen LogP contribution is -2.30. The van der Waals surface area contributed by atoms with Gasteiger partial charge in [-0.1, -0.05) is 17.7 Å². The highest BCUT2D eigenvalue weighted by molar-refractivity contribution is 8.00. The number of benzene rings is 1. The molecule has 0 radical (unpaired) electrons. The summed E-state index contributed by atoms with van der Waals surface area (Å²) in [5, 5.41) is 0. The molecule has 0 atom stereocenters. The van der Waals surface area contributed by atoms with Crippen molar-refractivity contribution in [3.8, 4) is 0 Å². The second kappa shape index (κ2) is 4.15. The van der Waals surface area contributed by atoms with Crippen molar-refractivity contribution in [3.05, 3.63) is 29.8 Å². The second-order valence-electron chi connectivity index (χ2n) is 3.52. The van der Waals surface area contributed by atoms with Crippen LogP contribution in [0.3, 0.4) is 0 Å². The average Bonchev–Trinajstić information content (AvgIpc) is 2.13. The summed E-state index contributed by atoms with van der Waals surface area (Å²) in [6.07, 6.45) is -0.138. The lowest BCUT2D eigenvalue weighted by atomic mass is 10.2. The van der Waals surface area contributed by atoms with E-state index in [2.05, 4.69) is 0 Å². The highest BCUT2D eigenvalue weighted by Crippen LogP contribution is 2.25. The zero-order valence-corrected chi connectivity index (χ0v) is 9.98. The molecule has 82 valence electrons. The molecule has 0 aromatic heterocycles. The lowest BCUT2D eigenvalue weighted by molar-refractivity contribution is 0.247. The SMILES string of the molecule is Cc1ccc(S(=O)(=O)OC2CSC2)cc1. The van der Waals surface area contributed by atoms with Gasteiger partial charge in [0.2, 0.25) is 0 Å². The molecule has 1 heterocycles. The van der Waals surface area contributed by atoms with Gasteiger partial charge in [0.1, 0.15) is 0 Å². The van der Waals surface area contributed by atoms with Crippen molar-refractivity contribution in [1.29, 1.82) is 0 Å². The molecular weight excluding hydrogens is 232 g/mol.